The lowest BCUT2D eigenvalue weighted by molar-refractivity contribution is 0.509. The summed E-state index contributed by atoms with van der Waals surface area (Å²) in [7, 11) is 0. The molecule has 0 spiro atoms. The lowest BCUT2D eigenvalue weighted by atomic mass is 9.80. The molecule has 0 saturated heterocycles. The third-order valence-electron chi connectivity index (χ3n) is 4.68. The summed E-state index contributed by atoms with van der Waals surface area (Å²) in [6, 6.07) is 15.0. The fourth-order valence-electron chi connectivity index (χ4n) is 3.07. The topological polar surface area (TPSA) is 26.0 Å². The summed E-state index contributed by atoms with van der Waals surface area (Å²) >= 11 is 0. The lowest BCUT2D eigenvalue weighted by Crippen LogP contribution is -2.16. The van der Waals surface area contributed by atoms with Gasteiger partial charge in [0.15, 0.2) is 11.5 Å². The summed E-state index contributed by atoms with van der Waals surface area (Å²) in [6.45, 7) is 13.5. The van der Waals surface area contributed by atoms with E-state index in [0.717, 1.165) is 29.8 Å². The molecule has 0 unspecified atom stereocenters. The Morgan fingerprint density at radius 2 is 1.52 bits per heavy atom. The van der Waals surface area contributed by atoms with Crippen molar-refractivity contribution in [2.24, 2.45) is 0 Å². The van der Waals surface area contributed by atoms with Crippen LogP contribution >= 0.6 is 0 Å². The first-order chi connectivity index (χ1) is 11.6. The summed E-state index contributed by atoms with van der Waals surface area (Å²) < 4.78 is 6.20. The summed E-state index contributed by atoms with van der Waals surface area (Å²) in [5.41, 5.74) is 5.92. The van der Waals surface area contributed by atoms with Gasteiger partial charge in [-0.1, -0.05) is 77.9 Å². The molecule has 3 aromatic rings. The van der Waals surface area contributed by atoms with Crippen molar-refractivity contribution in [1.29, 1.82) is 0 Å². The first-order valence-electron chi connectivity index (χ1n) is 9.13. The Morgan fingerprint density at radius 3 is 2.12 bits per heavy atom. The Hall–Kier alpha value is -2.09. The predicted molar refractivity (Wildman–Crippen MR) is 105 cm³/mol. The molecule has 0 atom stereocenters. The summed E-state index contributed by atoms with van der Waals surface area (Å²) in [5, 5.41) is 0. The second kappa shape index (κ2) is 6.33. The minimum absolute atomic E-state index is 0.0236. The van der Waals surface area contributed by atoms with E-state index >= 15 is 0 Å². The minimum Gasteiger partial charge on any atom is -0.440 e. The smallest absolute Gasteiger partial charge is 0.195 e. The molecule has 1 heterocycles. The van der Waals surface area contributed by atoms with Crippen molar-refractivity contribution in [1.82, 2.24) is 4.98 Å². The van der Waals surface area contributed by atoms with E-state index in [4.69, 9.17) is 9.40 Å². The molecule has 25 heavy (non-hydrogen) atoms. The number of aryl methyl sites for hydroxylation is 2. The fraction of sp³-hybridized carbons (Fsp3) is 0.435. The number of oxazole rings is 1. The van der Waals surface area contributed by atoms with Crippen molar-refractivity contribution in [3.05, 3.63) is 65.0 Å². The number of benzene rings is 2. The number of rotatable bonds is 3. The van der Waals surface area contributed by atoms with Crippen LogP contribution in [-0.2, 0) is 23.7 Å². The second-order valence-electron chi connectivity index (χ2n) is 8.97. The van der Waals surface area contributed by atoms with Crippen LogP contribution in [0.25, 0.3) is 11.1 Å². The van der Waals surface area contributed by atoms with E-state index in [1.807, 2.05) is 6.07 Å². The molecule has 2 aromatic carbocycles. The van der Waals surface area contributed by atoms with Gasteiger partial charge in [0, 0.05) is 12.0 Å². The molecule has 0 aliphatic heterocycles. The van der Waals surface area contributed by atoms with Crippen LogP contribution in [0.4, 0.5) is 0 Å². The highest BCUT2D eigenvalue weighted by Crippen LogP contribution is 2.35. The van der Waals surface area contributed by atoms with Gasteiger partial charge in [-0.15, -0.1) is 0 Å². The highest BCUT2D eigenvalue weighted by Gasteiger charge is 2.25. The molecule has 3 rings (SSSR count). The molecular weight excluding hydrogens is 306 g/mol. The lowest BCUT2D eigenvalue weighted by Gasteiger charge is -2.24. The van der Waals surface area contributed by atoms with Crippen molar-refractivity contribution in [3.63, 3.8) is 0 Å². The van der Waals surface area contributed by atoms with Crippen LogP contribution in [0, 0.1) is 0 Å². The van der Waals surface area contributed by atoms with Crippen LogP contribution in [0.15, 0.2) is 46.9 Å². The van der Waals surface area contributed by atoms with Gasteiger partial charge in [-0.3, -0.25) is 0 Å². The van der Waals surface area contributed by atoms with E-state index in [-0.39, 0.29) is 10.8 Å². The number of fused-ring (bicyclic) bond motifs is 1. The Morgan fingerprint density at radius 1 is 0.840 bits per heavy atom. The van der Waals surface area contributed by atoms with Gasteiger partial charge >= 0.3 is 0 Å². The summed E-state index contributed by atoms with van der Waals surface area (Å²) in [4.78, 5) is 4.81. The Kier molecular flexibility index (Phi) is 4.49. The molecule has 0 aliphatic rings. The summed E-state index contributed by atoms with van der Waals surface area (Å²) in [6.07, 6.45) is 1.78. The third-order valence-corrected chi connectivity index (χ3v) is 4.68. The van der Waals surface area contributed by atoms with Crippen LogP contribution in [0.2, 0.25) is 0 Å². The van der Waals surface area contributed by atoms with Crippen LogP contribution in [0.3, 0.4) is 0 Å². The molecule has 0 saturated carbocycles. The molecule has 2 heteroatoms. The minimum atomic E-state index is 0.0236. The first kappa shape index (κ1) is 17.7. The van der Waals surface area contributed by atoms with Crippen molar-refractivity contribution in [2.75, 3.05) is 0 Å². The zero-order chi connectivity index (χ0) is 18.2. The average molecular weight is 335 g/mol. The van der Waals surface area contributed by atoms with Crippen LogP contribution in [0.1, 0.15) is 64.1 Å². The molecule has 0 fully saturated rings. The normalized spacial score (nSPS) is 12.7. The van der Waals surface area contributed by atoms with E-state index in [1.54, 1.807) is 0 Å². The van der Waals surface area contributed by atoms with E-state index in [0.29, 0.717) is 0 Å². The van der Waals surface area contributed by atoms with E-state index in [9.17, 15) is 0 Å². The van der Waals surface area contributed by atoms with Gasteiger partial charge in [0.2, 0.25) is 0 Å². The molecular formula is C23H29NO. The monoisotopic (exact) mass is 335 g/mol. The molecule has 132 valence electrons. The van der Waals surface area contributed by atoms with Gasteiger partial charge < -0.3 is 4.42 Å². The van der Waals surface area contributed by atoms with Gasteiger partial charge in [-0.2, -0.15) is 0 Å². The maximum Gasteiger partial charge on any atom is 0.195 e. The summed E-state index contributed by atoms with van der Waals surface area (Å²) in [5.74, 6) is 0.829. The van der Waals surface area contributed by atoms with E-state index < -0.39 is 0 Å². The number of nitrogens with zero attached hydrogens (tertiary/aromatic N) is 1. The largest absolute Gasteiger partial charge is 0.440 e. The quantitative estimate of drug-likeness (QED) is 0.569. The number of aromatic nitrogens is 1. The maximum atomic E-state index is 6.20. The third kappa shape index (κ3) is 3.95. The van der Waals surface area contributed by atoms with Gasteiger partial charge in [-0.25, -0.2) is 4.98 Å². The standard InChI is InChI=1S/C23H29NO/c1-22(2,3)17-14-18(23(4,5)6)21-19(15-17)24-20(25-21)13-12-16-10-8-7-9-11-16/h7-11,14-15H,12-13H2,1-6H3. The van der Waals surface area contributed by atoms with E-state index in [1.165, 1.54) is 16.7 Å². The molecule has 2 nitrogen and oxygen atoms in total. The van der Waals surface area contributed by atoms with Crippen LogP contribution < -0.4 is 0 Å². The molecule has 0 radical (unpaired) electrons. The number of hydrogen-bond acceptors (Lipinski definition) is 2. The van der Waals surface area contributed by atoms with Crippen LogP contribution in [-0.4, -0.2) is 4.98 Å². The van der Waals surface area contributed by atoms with Crippen molar-refractivity contribution in [2.45, 2.75) is 65.2 Å². The molecule has 1 aromatic heterocycles. The first-order valence-corrected chi connectivity index (χ1v) is 9.13. The van der Waals surface area contributed by atoms with Gasteiger partial charge in [0.1, 0.15) is 5.52 Å². The van der Waals surface area contributed by atoms with E-state index in [2.05, 4.69) is 77.9 Å². The van der Waals surface area contributed by atoms with Crippen molar-refractivity contribution < 1.29 is 4.42 Å². The van der Waals surface area contributed by atoms with Gasteiger partial charge in [-0.05, 0) is 34.4 Å². The zero-order valence-electron chi connectivity index (χ0n) is 16.3. The van der Waals surface area contributed by atoms with Gasteiger partial charge in [0.05, 0.1) is 0 Å². The Labute approximate surface area is 151 Å². The maximum absolute atomic E-state index is 6.20. The highest BCUT2D eigenvalue weighted by molar-refractivity contribution is 5.79. The molecule has 0 aliphatic carbocycles. The SMILES string of the molecule is CC(C)(C)c1cc(C(C)(C)C)c2oc(CCc3ccccc3)nc2c1. The second-order valence-corrected chi connectivity index (χ2v) is 8.97. The molecule has 0 amide bonds. The van der Waals surface area contributed by atoms with Gasteiger partial charge in [0.25, 0.3) is 0 Å². The molecule has 0 bridgehead atoms. The average Bonchev–Trinajstić information content (AvgIpc) is 2.94. The van der Waals surface area contributed by atoms with Crippen molar-refractivity contribution >= 4 is 11.1 Å². The van der Waals surface area contributed by atoms with Crippen molar-refractivity contribution in [3.8, 4) is 0 Å². The number of hydrogen-bond donors (Lipinski definition) is 0. The predicted octanol–water partition coefficient (Wildman–Crippen LogP) is 6.21. The molecule has 0 N–H and O–H groups in total. The Bertz CT molecular complexity index is 861. The fourth-order valence-corrected chi connectivity index (χ4v) is 3.07. The zero-order valence-corrected chi connectivity index (χ0v) is 16.3. The highest BCUT2D eigenvalue weighted by atomic mass is 16.3. The Balaban J connectivity index is 2.00. The van der Waals surface area contributed by atoms with Crippen LogP contribution in [0.5, 0.6) is 0 Å².